The van der Waals surface area contributed by atoms with E-state index >= 15 is 0 Å². The largest absolute Gasteiger partial charge is 0.394 e. The average molecular weight is 386 g/mol. The quantitative estimate of drug-likeness (QED) is 0.454. The topological polar surface area (TPSA) is 86.0 Å². The van der Waals surface area contributed by atoms with Gasteiger partial charge in [0.15, 0.2) is 0 Å². The summed E-state index contributed by atoms with van der Waals surface area (Å²) < 4.78 is 0.617. The molecule has 0 aliphatic carbocycles. The summed E-state index contributed by atoms with van der Waals surface area (Å²) in [5.74, 6) is -0.533. The van der Waals surface area contributed by atoms with E-state index in [0.29, 0.717) is 16.7 Å². The first-order chi connectivity index (χ1) is 11.6. The molecule has 0 radical (unpaired) electrons. The highest BCUT2D eigenvalue weighted by molar-refractivity contribution is 9.10. The fraction of sp³-hybridized carbons (Fsp3) is 0.167. The molecule has 122 valence electrons. The summed E-state index contributed by atoms with van der Waals surface area (Å²) in [7, 11) is 0. The monoisotopic (exact) mass is 385 g/mol. The van der Waals surface area contributed by atoms with Gasteiger partial charge in [-0.2, -0.15) is 5.26 Å². The van der Waals surface area contributed by atoms with Gasteiger partial charge in [-0.3, -0.25) is 4.79 Å². The zero-order valence-corrected chi connectivity index (χ0v) is 14.4. The van der Waals surface area contributed by atoms with Gasteiger partial charge < -0.3 is 10.4 Å². The first-order valence-electron chi connectivity index (χ1n) is 7.32. The fourth-order valence-corrected chi connectivity index (χ4v) is 2.48. The van der Waals surface area contributed by atoms with Crippen LogP contribution in [0.2, 0.25) is 0 Å². The molecule has 24 heavy (non-hydrogen) atoms. The number of hydrogen-bond donors (Lipinski definition) is 2. The normalized spacial score (nSPS) is 12.3. The Hall–Kier alpha value is -2.49. The number of amides is 1. The zero-order chi connectivity index (χ0) is 17.4. The molecule has 6 heteroatoms. The Morgan fingerprint density at radius 3 is 2.67 bits per heavy atom. The third-order valence-corrected chi connectivity index (χ3v) is 3.72. The molecule has 0 saturated carbocycles. The molecule has 0 aliphatic heterocycles. The van der Waals surface area contributed by atoms with Crippen LogP contribution in [0, 0.1) is 11.3 Å². The van der Waals surface area contributed by atoms with Gasteiger partial charge in [-0.1, -0.05) is 36.4 Å². The van der Waals surface area contributed by atoms with Crippen LogP contribution < -0.4 is 5.32 Å². The molecule has 0 aliphatic rings. The summed E-state index contributed by atoms with van der Waals surface area (Å²) >= 11 is 3.24. The van der Waals surface area contributed by atoms with E-state index in [2.05, 4.69) is 26.2 Å². The number of carbonyl (C=O) groups is 1. The minimum absolute atomic E-state index is 0.0629. The van der Waals surface area contributed by atoms with Crippen molar-refractivity contribution in [2.45, 2.75) is 12.5 Å². The second kappa shape index (κ2) is 8.96. The van der Waals surface area contributed by atoms with Gasteiger partial charge in [0.25, 0.3) is 5.91 Å². The van der Waals surface area contributed by atoms with Crippen LogP contribution in [0.1, 0.15) is 11.3 Å². The number of aliphatic hydroxyl groups excluding tert-OH is 1. The van der Waals surface area contributed by atoms with Gasteiger partial charge in [-0.15, -0.1) is 0 Å². The van der Waals surface area contributed by atoms with Crippen LogP contribution in [-0.4, -0.2) is 28.6 Å². The maximum atomic E-state index is 12.3. The number of nitrogens with zero attached hydrogens (tertiary/aromatic N) is 2. The van der Waals surface area contributed by atoms with Crippen LogP contribution in [-0.2, 0) is 11.2 Å². The molecule has 0 saturated heterocycles. The number of benzene rings is 1. The highest BCUT2D eigenvalue weighted by atomic mass is 79.9. The van der Waals surface area contributed by atoms with Crippen LogP contribution in [0.3, 0.4) is 0 Å². The van der Waals surface area contributed by atoms with E-state index in [9.17, 15) is 15.2 Å². The smallest absolute Gasteiger partial charge is 0.262 e. The van der Waals surface area contributed by atoms with Gasteiger partial charge in [0.05, 0.1) is 18.3 Å². The lowest BCUT2D eigenvalue weighted by molar-refractivity contribution is -0.118. The summed E-state index contributed by atoms with van der Waals surface area (Å²) in [5.41, 5.74) is 1.43. The maximum absolute atomic E-state index is 12.3. The van der Waals surface area contributed by atoms with Crippen LogP contribution in [0.25, 0.3) is 6.08 Å². The first kappa shape index (κ1) is 17.9. The number of pyridine rings is 1. The van der Waals surface area contributed by atoms with Crippen LogP contribution >= 0.6 is 15.9 Å². The molecule has 1 aromatic carbocycles. The lowest BCUT2D eigenvalue weighted by atomic mass is 10.1. The number of halogens is 1. The second-order valence-corrected chi connectivity index (χ2v) is 5.91. The molecule has 0 bridgehead atoms. The highest BCUT2D eigenvalue weighted by Gasteiger charge is 2.16. The number of hydrogen-bond acceptors (Lipinski definition) is 4. The highest BCUT2D eigenvalue weighted by Crippen LogP contribution is 2.10. The lowest BCUT2D eigenvalue weighted by Crippen LogP contribution is -2.39. The minimum atomic E-state index is -0.533. The second-order valence-electron chi connectivity index (χ2n) is 5.10. The molecule has 0 unspecified atom stereocenters. The number of rotatable bonds is 6. The third-order valence-electron chi connectivity index (χ3n) is 3.27. The SMILES string of the molecule is N#C/C(=C\c1cccc(Br)n1)C(=O)N[C@H](CO)Cc1ccccc1. The predicted molar refractivity (Wildman–Crippen MR) is 94.7 cm³/mol. The van der Waals surface area contributed by atoms with Crippen LogP contribution in [0.4, 0.5) is 0 Å². The van der Waals surface area contributed by atoms with Crippen molar-refractivity contribution in [3.8, 4) is 6.07 Å². The van der Waals surface area contributed by atoms with Crippen molar-refractivity contribution >= 4 is 27.9 Å². The molecule has 1 atom stereocenters. The minimum Gasteiger partial charge on any atom is -0.394 e. The zero-order valence-electron chi connectivity index (χ0n) is 12.8. The van der Waals surface area contributed by atoms with Crippen LogP contribution in [0.5, 0.6) is 0 Å². The number of nitriles is 1. The summed E-state index contributed by atoms with van der Waals surface area (Å²) in [5, 5.41) is 21.4. The van der Waals surface area contributed by atoms with E-state index < -0.39 is 11.9 Å². The van der Waals surface area contributed by atoms with E-state index in [4.69, 9.17) is 0 Å². The number of nitrogens with one attached hydrogen (secondary N) is 1. The molecule has 1 aromatic heterocycles. The average Bonchev–Trinajstić information content (AvgIpc) is 2.60. The summed E-state index contributed by atoms with van der Waals surface area (Å²) in [6.45, 7) is -0.214. The molecule has 1 amide bonds. The Morgan fingerprint density at radius 1 is 1.29 bits per heavy atom. The van der Waals surface area contributed by atoms with E-state index in [-0.39, 0.29) is 12.2 Å². The summed E-state index contributed by atoms with van der Waals surface area (Å²) in [4.78, 5) is 16.4. The van der Waals surface area contributed by atoms with E-state index in [0.717, 1.165) is 5.56 Å². The van der Waals surface area contributed by atoms with Crippen molar-refractivity contribution in [1.82, 2.24) is 10.3 Å². The molecule has 0 spiro atoms. The van der Waals surface area contributed by atoms with Gasteiger partial charge >= 0.3 is 0 Å². The Balaban J connectivity index is 2.09. The van der Waals surface area contributed by atoms with Crippen molar-refractivity contribution in [1.29, 1.82) is 5.26 Å². The molecule has 1 heterocycles. The van der Waals surface area contributed by atoms with Gasteiger partial charge in [-0.25, -0.2) is 4.98 Å². The molecule has 2 N–H and O–H groups in total. The van der Waals surface area contributed by atoms with Crippen molar-refractivity contribution in [2.24, 2.45) is 0 Å². The molecular weight excluding hydrogens is 370 g/mol. The first-order valence-corrected chi connectivity index (χ1v) is 8.11. The third kappa shape index (κ3) is 5.30. The fourth-order valence-electron chi connectivity index (χ4n) is 2.12. The molecule has 2 aromatic rings. The molecular formula is C18H16BrN3O2. The molecule has 2 rings (SSSR count). The summed E-state index contributed by atoms with van der Waals surface area (Å²) in [6, 6.07) is 16.2. The Kier molecular flexibility index (Phi) is 6.67. The number of aliphatic hydroxyl groups is 1. The van der Waals surface area contributed by atoms with Crippen molar-refractivity contribution in [3.05, 3.63) is 70.0 Å². The Morgan fingerprint density at radius 2 is 2.04 bits per heavy atom. The lowest BCUT2D eigenvalue weighted by Gasteiger charge is -2.16. The van der Waals surface area contributed by atoms with Gasteiger partial charge in [0.2, 0.25) is 0 Å². The van der Waals surface area contributed by atoms with Crippen molar-refractivity contribution in [3.63, 3.8) is 0 Å². The van der Waals surface area contributed by atoms with E-state index in [1.54, 1.807) is 18.2 Å². The molecule has 5 nitrogen and oxygen atoms in total. The van der Waals surface area contributed by atoms with Gasteiger partial charge in [-0.05, 0) is 46.1 Å². The maximum Gasteiger partial charge on any atom is 0.262 e. The standard InChI is InChI=1S/C18H16BrN3O2/c19-17-8-4-7-15(21-17)10-14(11-20)18(24)22-16(12-23)9-13-5-2-1-3-6-13/h1-8,10,16,23H,9,12H2,(H,22,24)/b14-10+/t16-/m0/s1. The van der Waals surface area contributed by atoms with Crippen LogP contribution in [0.15, 0.2) is 58.7 Å². The van der Waals surface area contributed by atoms with E-state index in [1.807, 2.05) is 36.4 Å². The Labute approximate surface area is 148 Å². The Bertz CT molecular complexity index is 769. The summed E-state index contributed by atoms with van der Waals surface area (Å²) in [6.07, 6.45) is 1.90. The van der Waals surface area contributed by atoms with Gasteiger partial charge in [0, 0.05) is 0 Å². The molecule has 0 fully saturated rings. The van der Waals surface area contributed by atoms with Crippen molar-refractivity contribution < 1.29 is 9.90 Å². The van der Waals surface area contributed by atoms with E-state index in [1.165, 1.54) is 6.08 Å². The van der Waals surface area contributed by atoms with Gasteiger partial charge in [0.1, 0.15) is 16.2 Å². The van der Waals surface area contributed by atoms with Crippen molar-refractivity contribution in [2.75, 3.05) is 6.61 Å². The predicted octanol–water partition coefficient (Wildman–Crippen LogP) is 2.47. The number of aromatic nitrogens is 1. The number of carbonyl (C=O) groups excluding carboxylic acids is 1.